The van der Waals surface area contributed by atoms with Gasteiger partial charge in [0.2, 0.25) is 0 Å². The highest BCUT2D eigenvalue weighted by Gasteiger charge is 2.50. The average Bonchev–Trinajstić information content (AvgIpc) is 2.81. The highest BCUT2D eigenvalue weighted by atomic mass is 16.7. The Morgan fingerprint density at radius 1 is 1.00 bits per heavy atom. The average molecular weight is 398 g/mol. The summed E-state index contributed by atoms with van der Waals surface area (Å²) in [4.78, 5) is 0. The first-order valence-electron chi connectivity index (χ1n) is 11.6. The van der Waals surface area contributed by atoms with Gasteiger partial charge in [-0.2, -0.15) is 0 Å². The molecule has 0 bridgehead atoms. The lowest BCUT2D eigenvalue weighted by Crippen LogP contribution is -2.41. The van der Waals surface area contributed by atoms with Crippen LogP contribution in [0.2, 0.25) is 0 Å². The van der Waals surface area contributed by atoms with Crippen molar-refractivity contribution in [3.8, 4) is 0 Å². The van der Waals surface area contributed by atoms with Crippen molar-refractivity contribution in [2.24, 2.45) is 5.41 Å². The smallest absolute Gasteiger partial charge is 0.400 e. The molecule has 162 valence electrons. The van der Waals surface area contributed by atoms with Crippen molar-refractivity contribution >= 4 is 12.7 Å². The largest absolute Gasteiger partial charge is 0.487 e. The standard InChI is InChI=1S/C26H43BO2/c1-9-10-16-23(20-27-28-25(5,6)26(7,8)29-27)22-17-13-15-21(19-22)14-11-12-18-24(2,3)4/h13,15,17,19-20H,9-12,14,16,18H2,1-8H3/b23-20+. The molecule has 0 N–H and O–H groups in total. The number of benzene rings is 1. The van der Waals surface area contributed by atoms with Gasteiger partial charge in [-0.3, -0.25) is 0 Å². The molecule has 1 saturated heterocycles. The molecule has 2 rings (SSSR count). The molecule has 0 saturated carbocycles. The van der Waals surface area contributed by atoms with Gasteiger partial charge < -0.3 is 9.31 Å². The zero-order valence-electron chi connectivity index (χ0n) is 20.2. The lowest BCUT2D eigenvalue weighted by atomic mass is 9.83. The first kappa shape index (κ1) is 24.2. The summed E-state index contributed by atoms with van der Waals surface area (Å²) in [6.45, 7) is 17.7. The van der Waals surface area contributed by atoms with Gasteiger partial charge in [0.15, 0.2) is 0 Å². The summed E-state index contributed by atoms with van der Waals surface area (Å²) in [5.74, 6) is 2.21. The van der Waals surface area contributed by atoms with Gasteiger partial charge in [-0.25, -0.2) is 0 Å². The van der Waals surface area contributed by atoms with E-state index in [2.05, 4.69) is 85.6 Å². The molecule has 1 aliphatic rings. The van der Waals surface area contributed by atoms with Crippen LogP contribution in [0.4, 0.5) is 0 Å². The van der Waals surface area contributed by atoms with E-state index in [-0.39, 0.29) is 18.3 Å². The minimum atomic E-state index is -0.293. The second-order valence-corrected chi connectivity index (χ2v) is 10.9. The molecule has 1 aliphatic heterocycles. The molecular weight excluding hydrogens is 355 g/mol. The van der Waals surface area contributed by atoms with Crippen molar-refractivity contribution in [2.45, 2.75) is 112 Å². The first-order valence-corrected chi connectivity index (χ1v) is 11.6. The summed E-state index contributed by atoms with van der Waals surface area (Å²) in [6, 6.07) is 9.10. The van der Waals surface area contributed by atoms with Gasteiger partial charge in [0, 0.05) is 0 Å². The highest BCUT2D eigenvalue weighted by Crippen LogP contribution is 2.38. The van der Waals surface area contributed by atoms with Gasteiger partial charge in [-0.15, -0.1) is 0 Å². The van der Waals surface area contributed by atoms with E-state index in [1.54, 1.807) is 0 Å². The normalized spacial score (nSPS) is 19.0. The number of allylic oxidation sites excluding steroid dienone is 1. The zero-order chi connectivity index (χ0) is 21.7. The van der Waals surface area contributed by atoms with Crippen LogP contribution in [0.15, 0.2) is 30.2 Å². The minimum Gasteiger partial charge on any atom is -0.400 e. The van der Waals surface area contributed by atoms with Crippen LogP contribution in [-0.2, 0) is 15.7 Å². The lowest BCUT2D eigenvalue weighted by molar-refractivity contribution is 0.00578. The Labute approximate surface area is 180 Å². The van der Waals surface area contributed by atoms with Crippen molar-refractivity contribution < 1.29 is 9.31 Å². The van der Waals surface area contributed by atoms with E-state index >= 15 is 0 Å². The molecule has 29 heavy (non-hydrogen) atoms. The predicted molar refractivity (Wildman–Crippen MR) is 127 cm³/mol. The fourth-order valence-corrected chi connectivity index (χ4v) is 3.72. The molecule has 0 aromatic heterocycles. The zero-order valence-corrected chi connectivity index (χ0v) is 20.2. The Bertz CT molecular complexity index is 666. The van der Waals surface area contributed by atoms with Gasteiger partial charge in [-0.05, 0) is 81.9 Å². The summed E-state index contributed by atoms with van der Waals surface area (Å²) < 4.78 is 12.5. The van der Waals surface area contributed by atoms with Crippen LogP contribution in [0.1, 0.15) is 105 Å². The second-order valence-electron chi connectivity index (χ2n) is 10.9. The molecule has 0 unspecified atom stereocenters. The van der Waals surface area contributed by atoms with Crippen molar-refractivity contribution in [3.05, 3.63) is 41.4 Å². The third kappa shape index (κ3) is 7.29. The number of rotatable bonds is 9. The van der Waals surface area contributed by atoms with Crippen LogP contribution < -0.4 is 0 Å². The quantitative estimate of drug-likeness (QED) is 0.314. The maximum Gasteiger partial charge on any atom is 0.487 e. The van der Waals surface area contributed by atoms with Gasteiger partial charge in [0.05, 0.1) is 11.2 Å². The summed E-state index contributed by atoms with van der Waals surface area (Å²) >= 11 is 0. The molecule has 0 amide bonds. The first-order chi connectivity index (χ1) is 13.4. The second kappa shape index (κ2) is 9.83. The van der Waals surface area contributed by atoms with Crippen molar-refractivity contribution in [2.75, 3.05) is 0 Å². The maximum absolute atomic E-state index is 6.24. The van der Waals surface area contributed by atoms with E-state index < -0.39 is 0 Å². The van der Waals surface area contributed by atoms with Crippen molar-refractivity contribution in [1.29, 1.82) is 0 Å². The number of unbranched alkanes of at least 4 members (excludes halogenated alkanes) is 2. The molecule has 1 aromatic carbocycles. The fourth-order valence-electron chi connectivity index (χ4n) is 3.72. The van der Waals surface area contributed by atoms with Crippen LogP contribution in [0, 0.1) is 5.41 Å². The van der Waals surface area contributed by atoms with Crippen LogP contribution >= 0.6 is 0 Å². The van der Waals surface area contributed by atoms with Crippen LogP contribution in [0.5, 0.6) is 0 Å². The Morgan fingerprint density at radius 3 is 2.24 bits per heavy atom. The van der Waals surface area contributed by atoms with Gasteiger partial charge in [0.25, 0.3) is 0 Å². The van der Waals surface area contributed by atoms with E-state index in [1.807, 2.05) is 0 Å². The van der Waals surface area contributed by atoms with Crippen molar-refractivity contribution in [1.82, 2.24) is 0 Å². The molecule has 0 atom stereocenters. The minimum absolute atomic E-state index is 0.276. The van der Waals surface area contributed by atoms with E-state index in [4.69, 9.17) is 9.31 Å². The maximum atomic E-state index is 6.24. The topological polar surface area (TPSA) is 18.5 Å². The van der Waals surface area contributed by atoms with E-state index in [9.17, 15) is 0 Å². The Hall–Kier alpha value is -1.06. The molecule has 1 aromatic rings. The SMILES string of the molecule is CCCC/C(=C\B1OC(C)(C)C(C)(C)O1)c1cccc(CCCCC(C)(C)C)c1. The molecule has 1 heterocycles. The van der Waals surface area contributed by atoms with Gasteiger partial charge in [-0.1, -0.05) is 70.8 Å². The Balaban J connectivity index is 2.12. The molecular formula is C26H43BO2. The van der Waals surface area contributed by atoms with E-state index in [0.29, 0.717) is 5.41 Å². The molecule has 0 spiro atoms. The van der Waals surface area contributed by atoms with E-state index in [0.717, 1.165) is 12.8 Å². The number of hydrogen-bond donors (Lipinski definition) is 0. The third-order valence-corrected chi connectivity index (χ3v) is 6.35. The number of aryl methyl sites for hydroxylation is 1. The third-order valence-electron chi connectivity index (χ3n) is 6.35. The van der Waals surface area contributed by atoms with Crippen LogP contribution in [0.3, 0.4) is 0 Å². The summed E-state index contributed by atoms with van der Waals surface area (Å²) in [7, 11) is -0.276. The lowest BCUT2D eigenvalue weighted by Gasteiger charge is -2.32. The van der Waals surface area contributed by atoms with Gasteiger partial charge in [0.1, 0.15) is 0 Å². The summed E-state index contributed by atoms with van der Waals surface area (Å²) in [6.07, 6.45) is 8.42. The molecule has 2 nitrogen and oxygen atoms in total. The Kier molecular flexibility index (Phi) is 8.21. The Morgan fingerprint density at radius 2 is 1.66 bits per heavy atom. The molecule has 0 radical (unpaired) electrons. The highest BCUT2D eigenvalue weighted by molar-refractivity contribution is 6.53. The monoisotopic (exact) mass is 398 g/mol. The summed E-state index contributed by atoms with van der Waals surface area (Å²) in [5, 5.41) is 0. The van der Waals surface area contributed by atoms with E-state index in [1.165, 1.54) is 48.8 Å². The molecule has 3 heteroatoms. The van der Waals surface area contributed by atoms with Crippen LogP contribution in [-0.4, -0.2) is 18.3 Å². The number of hydrogen-bond acceptors (Lipinski definition) is 2. The van der Waals surface area contributed by atoms with Crippen molar-refractivity contribution in [3.63, 3.8) is 0 Å². The summed E-state index contributed by atoms with van der Waals surface area (Å²) in [5.41, 5.74) is 3.95. The molecule has 1 fully saturated rings. The fraction of sp³-hybridized carbons (Fsp3) is 0.692. The predicted octanol–water partition coefficient (Wildman–Crippen LogP) is 7.65. The van der Waals surface area contributed by atoms with Gasteiger partial charge >= 0.3 is 7.12 Å². The molecule has 0 aliphatic carbocycles. The van der Waals surface area contributed by atoms with Crippen LogP contribution in [0.25, 0.3) is 5.57 Å².